The number of rotatable bonds is 8. The Morgan fingerprint density at radius 3 is 2.96 bits per heavy atom. The van der Waals surface area contributed by atoms with Crippen molar-refractivity contribution in [3.63, 3.8) is 0 Å². The Morgan fingerprint density at radius 2 is 2.30 bits per heavy atom. The summed E-state index contributed by atoms with van der Waals surface area (Å²) >= 11 is 0. The molecule has 0 radical (unpaired) electrons. The van der Waals surface area contributed by atoms with Crippen molar-refractivity contribution in [2.24, 2.45) is 0 Å². The van der Waals surface area contributed by atoms with Crippen LogP contribution >= 0.6 is 0 Å². The minimum Gasteiger partial charge on any atom is -0.362 e. The second-order valence-electron chi connectivity index (χ2n) is 4.66. The molecular weight excluding hydrogens is 308 g/mol. The molecule has 0 saturated heterocycles. The van der Waals surface area contributed by atoms with Gasteiger partial charge in [0.1, 0.15) is 13.3 Å². The molecule has 0 saturated carbocycles. The van der Waals surface area contributed by atoms with Gasteiger partial charge in [0.15, 0.2) is 5.82 Å². The molecule has 0 spiro atoms. The fourth-order valence-corrected chi connectivity index (χ4v) is 2.01. The summed E-state index contributed by atoms with van der Waals surface area (Å²) in [6.45, 7) is 3.33. The van der Waals surface area contributed by atoms with Gasteiger partial charge in [0.25, 0.3) is 12.3 Å². The van der Waals surface area contributed by atoms with E-state index in [0.29, 0.717) is 5.69 Å². The van der Waals surface area contributed by atoms with E-state index in [1.807, 2.05) is 0 Å². The Balaban J connectivity index is 2.23. The summed E-state index contributed by atoms with van der Waals surface area (Å²) in [7, 11) is 1.53. The normalized spacial score (nSPS) is 11.0. The third-order valence-electron chi connectivity index (χ3n) is 3.04. The van der Waals surface area contributed by atoms with Crippen molar-refractivity contribution >= 4 is 11.7 Å². The second-order valence-corrected chi connectivity index (χ2v) is 4.66. The number of methoxy groups -OCH3 is 1. The lowest BCUT2D eigenvalue weighted by Crippen LogP contribution is -2.30. The standard InChI is InChI=1S/C14H17F2N5O2/c1-3-14(22)20(8-11-4-6-17-21(11)10-23-2)13-5-7-19(18-13)9-12(15)16/h3-7,12H,1,8-10H2,2H3. The maximum absolute atomic E-state index is 12.4. The SMILES string of the molecule is C=CC(=O)N(Cc1ccnn1COC)c1ccn(CC(F)F)n1. The van der Waals surface area contributed by atoms with E-state index in [4.69, 9.17) is 4.74 Å². The number of alkyl halides is 2. The highest BCUT2D eigenvalue weighted by atomic mass is 19.3. The van der Waals surface area contributed by atoms with Crippen LogP contribution in [0.1, 0.15) is 5.69 Å². The molecule has 2 heterocycles. The average molecular weight is 325 g/mol. The average Bonchev–Trinajstić information content (AvgIpc) is 3.13. The molecule has 2 rings (SSSR count). The van der Waals surface area contributed by atoms with Gasteiger partial charge in [0, 0.05) is 25.6 Å². The maximum atomic E-state index is 12.4. The van der Waals surface area contributed by atoms with E-state index in [2.05, 4.69) is 16.8 Å². The summed E-state index contributed by atoms with van der Waals surface area (Å²) in [5.74, 6) is -0.127. The summed E-state index contributed by atoms with van der Waals surface area (Å²) in [4.78, 5) is 13.4. The summed E-state index contributed by atoms with van der Waals surface area (Å²) in [6.07, 6.45) is 1.61. The molecular formula is C14H17F2N5O2. The fraction of sp³-hybridized carbons (Fsp3) is 0.357. The molecule has 0 aliphatic heterocycles. The lowest BCUT2D eigenvalue weighted by atomic mass is 10.3. The quantitative estimate of drug-likeness (QED) is 0.693. The Labute approximate surface area is 131 Å². The van der Waals surface area contributed by atoms with Crippen molar-refractivity contribution in [2.75, 3.05) is 12.0 Å². The van der Waals surface area contributed by atoms with Gasteiger partial charge < -0.3 is 4.74 Å². The van der Waals surface area contributed by atoms with E-state index >= 15 is 0 Å². The zero-order valence-corrected chi connectivity index (χ0v) is 12.6. The maximum Gasteiger partial charge on any atom is 0.257 e. The van der Waals surface area contributed by atoms with Gasteiger partial charge >= 0.3 is 0 Å². The van der Waals surface area contributed by atoms with Crippen LogP contribution in [0.15, 0.2) is 37.2 Å². The molecule has 0 aliphatic carbocycles. The van der Waals surface area contributed by atoms with Gasteiger partial charge in [-0.05, 0) is 12.1 Å². The number of hydrogen-bond acceptors (Lipinski definition) is 4. The molecule has 2 aromatic rings. The van der Waals surface area contributed by atoms with Gasteiger partial charge in [0.2, 0.25) is 0 Å². The Morgan fingerprint density at radius 1 is 1.52 bits per heavy atom. The van der Waals surface area contributed by atoms with Crippen LogP contribution in [-0.4, -0.2) is 39.0 Å². The van der Waals surface area contributed by atoms with Crippen molar-refractivity contribution in [2.45, 2.75) is 26.2 Å². The summed E-state index contributed by atoms with van der Waals surface area (Å²) in [5.41, 5.74) is 0.713. The first kappa shape index (κ1) is 16.8. The lowest BCUT2D eigenvalue weighted by Gasteiger charge is -2.19. The van der Waals surface area contributed by atoms with Gasteiger partial charge in [-0.15, -0.1) is 0 Å². The van der Waals surface area contributed by atoms with Gasteiger partial charge in [-0.1, -0.05) is 6.58 Å². The molecule has 0 unspecified atom stereocenters. The number of anilines is 1. The number of ether oxygens (including phenoxy) is 1. The van der Waals surface area contributed by atoms with E-state index in [9.17, 15) is 13.6 Å². The monoisotopic (exact) mass is 325 g/mol. The second kappa shape index (κ2) is 7.63. The van der Waals surface area contributed by atoms with Crippen molar-refractivity contribution < 1.29 is 18.3 Å². The van der Waals surface area contributed by atoms with E-state index in [1.165, 1.54) is 24.3 Å². The van der Waals surface area contributed by atoms with Gasteiger partial charge in [-0.2, -0.15) is 10.2 Å². The number of carbonyl (C=O) groups excluding carboxylic acids is 1. The number of halogens is 2. The largest absolute Gasteiger partial charge is 0.362 e. The summed E-state index contributed by atoms with van der Waals surface area (Å²) < 4.78 is 32.5. The smallest absolute Gasteiger partial charge is 0.257 e. The van der Waals surface area contributed by atoms with Gasteiger partial charge in [-0.3, -0.25) is 14.4 Å². The number of carbonyl (C=O) groups is 1. The first-order valence-corrected chi connectivity index (χ1v) is 6.80. The van der Waals surface area contributed by atoms with Crippen LogP contribution < -0.4 is 4.90 Å². The van der Waals surface area contributed by atoms with E-state index in [-0.39, 0.29) is 19.1 Å². The van der Waals surface area contributed by atoms with Gasteiger partial charge in [0.05, 0.1) is 12.2 Å². The van der Waals surface area contributed by atoms with Gasteiger partial charge in [-0.25, -0.2) is 13.5 Å². The third kappa shape index (κ3) is 4.22. The van der Waals surface area contributed by atoms with Crippen LogP contribution in [0.5, 0.6) is 0 Å². The van der Waals surface area contributed by atoms with Crippen molar-refractivity contribution in [3.05, 3.63) is 42.9 Å². The van der Waals surface area contributed by atoms with E-state index in [0.717, 1.165) is 10.8 Å². The first-order valence-electron chi connectivity index (χ1n) is 6.80. The number of amides is 1. The molecule has 0 atom stereocenters. The molecule has 124 valence electrons. The van der Waals surface area contributed by atoms with Crippen molar-refractivity contribution in [1.29, 1.82) is 0 Å². The Hall–Kier alpha value is -2.55. The lowest BCUT2D eigenvalue weighted by molar-refractivity contribution is -0.114. The fourth-order valence-electron chi connectivity index (χ4n) is 2.01. The van der Waals surface area contributed by atoms with E-state index < -0.39 is 18.9 Å². The van der Waals surface area contributed by atoms with Crippen LogP contribution in [0, 0.1) is 0 Å². The van der Waals surface area contributed by atoms with Crippen LogP contribution in [0.3, 0.4) is 0 Å². The van der Waals surface area contributed by atoms with Crippen LogP contribution in [0.25, 0.3) is 0 Å². The number of aromatic nitrogens is 4. The molecule has 0 aliphatic rings. The zero-order valence-electron chi connectivity index (χ0n) is 12.6. The summed E-state index contributed by atoms with van der Waals surface area (Å²) in [6, 6.07) is 3.24. The number of hydrogen-bond donors (Lipinski definition) is 0. The highest BCUT2D eigenvalue weighted by Gasteiger charge is 2.19. The number of nitrogens with zero attached hydrogens (tertiary/aromatic N) is 5. The molecule has 0 fully saturated rings. The third-order valence-corrected chi connectivity index (χ3v) is 3.04. The predicted molar refractivity (Wildman–Crippen MR) is 78.9 cm³/mol. The molecule has 0 aromatic carbocycles. The minimum atomic E-state index is -2.52. The van der Waals surface area contributed by atoms with Crippen molar-refractivity contribution in [3.8, 4) is 0 Å². The molecule has 1 amide bonds. The van der Waals surface area contributed by atoms with Crippen LogP contribution in [0.4, 0.5) is 14.6 Å². The van der Waals surface area contributed by atoms with Crippen LogP contribution in [0.2, 0.25) is 0 Å². The van der Waals surface area contributed by atoms with Crippen LogP contribution in [-0.2, 0) is 29.4 Å². The zero-order chi connectivity index (χ0) is 16.8. The predicted octanol–water partition coefficient (Wildman–Crippen LogP) is 1.67. The molecule has 2 aromatic heterocycles. The summed E-state index contributed by atoms with van der Waals surface area (Å²) in [5, 5.41) is 8.09. The highest BCUT2D eigenvalue weighted by Crippen LogP contribution is 2.16. The first-order chi connectivity index (χ1) is 11.0. The molecule has 0 N–H and O–H groups in total. The van der Waals surface area contributed by atoms with Crippen molar-refractivity contribution in [1.82, 2.24) is 19.6 Å². The topological polar surface area (TPSA) is 65.2 Å². The molecule has 9 heteroatoms. The van der Waals surface area contributed by atoms with E-state index in [1.54, 1.807) is 16.9 Å². The highest BCUT2D eigenvalue weighted by molar-refractivity contribution is 6.00. The molecule has 7 nitrogen and oxygen atoms in total. The Kier molecular flexibility index (Phi) is 5.58. The molecule has 0 bridgehead atoms. The molecule has 23 heavy (non-hydrogen) atoms. The Bertz CT molecular complexity index is 668. The minimum absolute atomic E-state index is 0.167.